The number of anilines is 1. The standard InChI is InChI=1S/C21H22N2O3S/c1-4-17-18-10-7-13-22(18)19-8-5-6-9-20(19)23(17)27(24,25)16-11-12-21(26-3)15(2)14-16/h5-14,17H,4H2,1-3H3. The van der Waals surface area contributed by atoms with E-state index in [2.05, 4.69) is 4.57 Å². The van der Waals surface area contributed by atoms with Crippen LogP contribution in [0.3, 0.4) is 0 Å². The maximum absolute atomic E-state index is 13.7. The summed E-state index contributed by atoms with van der Waals surface area (Å²) >= 11 is 0. The molecule has 2 aromatic carbocycles. The van der Waals surface area contributed by atoms with Gasteiger partial charge in [-0.15, -0.1) is 0 Å². The summed E-state index contributed by atoms with van der Waals surface area (Å²) in [4.78, 5) is 0.272. The molecule has 0 saturated heterocycles. The number of methoxy groups -OCH3 is 1. The Balaban J connectivity index is 1.93. The summed E-state index contributed by atoms with van der Waals surface area (Å²) in [7, 11) is -2.16. The van der Waals surface area contributed by atoms with E-state index in [0.717, 1.165) is 16.9 Å². The summed E-state index contributed by atoms with van der Waals surface area (Å²) in [5.74, 6) is 0.675. The number of sulfonamides is 1. The van der Waals surface area contributed by atoms with Gasteiger partial charge < -0.3 is 9.30 Å². The lowest BCUT2D eigenvalue weighted by atomic mass is 10.1. The van der Waals surface area contributed by atoms with Crippen molar-refractivity contribution < 1.29 is 13.2 Å². The summed E-state index contributed by atoms with van der Waals surface area (Å²) < 4.78 is 36.3. The van der Waals surface area contributed by atoms with Crippen molar-refractivity contribution in [3.8, 4) is 11.4 Å². The Kier molecular flexibility index (Phi) is 4.23. The number of rotatable bonds is 4. The minimum absolute atomic E-state index is 0.262. The fraction of sp³-hybridized carbons (Fsp3) is 0.238. The minimum atomic E-state index is -3.74. The zero-order valence-electron chi connectivity index (χ0n) is 15.6. The van der Waals surface area contributed by atoms with Crippen LogP contribution in [-0.4, -0.2) is 20.1 Å². The summed E-state index contributed by atoms with van der Waals surface area (Å²) in [6.45, 7) is 3.86. The van der Waals surface area contributed by atoms with E-state index in [1.807, 2.05) is 56.4 Å². The Morgan fingerprint density at radius 2 is 1.78 bits per heavy atom. The lowest BCUT2D eigenvalue weighted by Gasteiger charge is -2.38. The molecule has 1 aliphatic rings. The highest BCUT2D eigenvalue weighted by atomic mass is 32.2. The van der Waals surface area contributed by atoms with Gasteiger partial charge in [0.25, 0.3) is 10.0 Å². The van der Waals surface area contributed by atoms with Gasteiger partial charge >= 0.3 is 0 Å². The van der Waals surface area contributed by atoms with Crippen molar-refractivity contribution in [2.45, 2.75) is 31.2 Å². The van der Waals surface area contributed by atoms with Gasteiger partial charge in [0.05, 0.1) is 29.4 Å². The lowest BCUT2D eigenvalue weighted by molar-refractivity contribution is 0.411. The Hall–Kier alpha value is -2.73. The molecule has 27 heavy (non-hydrogen) atoms. The largest absolute Gasteiger partial charge is 0.496 e. The quantitative estimate of drug-likeness (QED) is 0.670. The van der Waals surface area contributed by atoms with E-state index in [0.29, 0.717) is 17.9 Å². The number of ether oxygens (including phenoxy) is 1. The number of fused-ring (bicyclic) bond motifs is 3. The normalized spacial score (nSPS) is 16.0. The van der Waals surface area contributed by atoms with Gasteiger partial charge in [-0.3, -0.25) is 4.31 Å². The zero-order chi connectivity index (χ0) is 19.2. The molecule has 1 atom stereocenters. The first-order valence-electron chi connectivity index (χ1n) is 8.94. The monoisotopic (exact) mass is 382 g/mol. The SMILES string of the molecule is CCC1c2cccn2-c2ccccc2N1S(=O)(=O)c1ccc(OC)c(C)c1. The van der Waals surface area contributed by atoms with Gasteiger partial charge in [-0.1, -0.05) is 19.1 Å². The Bertz CT molecular complexity index is 1100. The van der Waals surface area contributed by atoms with Gasteiger partial charge in [0, 0.05) is 11.9 Å². The molecule has 0 aliphatic carbocycles. The molecule has 0 saturated carbocycles. The second-order valence-electron chi connectivity index (χ2n) is 6.65. The molecule has 0 N–H and O–H groups in total. The fourth-order valence-corrected chi connectivity index (χ4v) is 5.62. The molecule has 1 unspecified atom stereocenters. The lowest BCUT2D eigenvalue weighted by Crippen LogP contribution is -2.39. The number of para-hydroxylation sites is 2. The highest BCUT2D eigenvalue weighted by Crippen LogP contribution is 2.43. The topological polar surface area (TPSA) is 51.5 Å². The second-order valence-corrected chi connectivity index (χ2v) is 8.46. The second kappa shape index (κ2) is 6.46. The van der Waals surface area contributed by atoms with Crippen LogP contribution in [0.25, 0.3) is 5.69 Å². The predicted octanol–water partition coefficient (Wildman–Crippen LogP) is 4.45. The van der Waals surface area contributed by atoms with Crippen molar-refractivity contribution in [1.82, 2.24) is 4.57 Å². The third-order valence-electron chi connectivity index (χ3n) is 5.09. The van der Waals surface area contributed by atoms with Crippen LogP contribution in [-0.2, 0) is 10.0 Å². The average Bonchev–Trinajstić information content (AvgIpc) is 3.16. The van der Waals surface area contributed by atoms with Crippen molar-refractivity contribution in [2.24, 2.45) is 0 Å². The van der Waals surface area contributed by atoms with Gasteiger partial charge in [0.1, 0.15) is 5.75 Å². The van der Waals surface area contributed by atoms with Crippen LogP contribution in [0.1, 0.15) is 30.6 Å². The van der Waals surface area contributed by atoms with Crippen LogP contribution in [0, 0.1) is 6.92 Å². The van der Waals surface area contributed by atoms with Gasteiger partial charge in [-0.2, -0.15) is 0 Å². The molecule has 0 fully saturated rings. The van der Waals surface area contributed by atoms with E-state index in [1.54, 1.807) is 29.6 Å². The minimum Gasteiger partial charge on any atom is -0.496 e. The summed E-state index contributed by atoms with van der Waals surface area (Å²) in [6, 6.07) is 16.3. The molecule has 0 radical (unpaired) electrons. The van der Waals surface area contributed by atoms with Crippen molar-refractivity contribution in [3.05, 3.63) is 72.1 Å². The van der Waals surface area contributed by atoms with Crippen LogP contribution in [0.5, 0.6) is 5.75 Å². The maximum atomic E-state index is 13.7. The molecule has 140 valence electrons. The number of nitrogens with zero attached hydrogens (tertiary/aromatic N) is 2. The summed E-state index contributed by atoms with van der Waals surface area (Å²) in [6.07, 6.45) is 2.66. The van der Waals surface area contributed by atoms with Crippen molar-refractivity contribution in [1.29, 1.82) is 0 Å². The van der Waals surface area contributed by atoms with Gasteiger partial charge in [0.15, 0.2) is 0 Å². The van der Waals surface area contributed by atoms with E-state index in [9.17, 15) is 8.42 Å². The summed E-state index contributed by atoms with van der Waals surface area (Å²) in [5.41, 5.74) is 3.34. The Labute approximate surface area is 159 Å². The molecule has 1 aromatic heterocycles. The van der Waals surface area contributed by atoms with Gasteiger partial charge in [-0.05, 0) is 61.4 Å². The molecule has 0 spiro atoms. The van der Waals surface area contributed by atoms with Crippen LogP contribution < -0.4 is 9.04 Å². The number of aryl methyl sites for hydroxylation is 1. The first-order chi connectivity index (χ1) is 13.0. The first-order valence-corrected chi connectivity index (χ1v) is 10.4. The van der Waals surface area contributed by atoms with Crippen molar-refractivity contribution >= 4 is 15.7 Å². The molecule has 5 nitrogen and oxygen atoms in total. The van der Waals surface area contributed by atoms with Crippen LogP contribution in [0.2, 0.25) is 0 Å². The van der Waals surface area contributed by atoms with E-state index in [-0.39, 0.29) is 10.9 Å². The van der Waals surface area contributed by atoms with E-state index in [4.69, 9.17) is 4.74 Å². The highest BCUT2D eigenvalue weighted by Gasteiger charge is 2.38. The van der Waals surface area contributed by atoms with Crippen LogP contribution >= 0.6 is 0 Å². The molecule has 1 aliphatic heterocycles. The summed E-state index contributed by atoms with van der Waals surface area (Å²) in [5, 5.41) is 0. The highest BCUT2D eigenvalue weighted by molar-refractivity contribution is 7.92. The number of hydrogen-bond acceptors (Lipinski definition) is 3. The number of hydrogen-bond donors (Lipinski definition) is 0. The first kappa shape index (κ1) is 17.7. The maximum Gasteiger partial charge on any atom is 0.265 e. The predicted molar refractivity (Wildman–Crippen MR) is 106 cm³/mol. The average molecular weight is 382 g/mol. The molecule has 0 amide bonds. The molecular formula is C21H22N2O3S. The fourth-order valence-electron chi connectivity index (χ4n) is 3.82. The zero-order valence-corrected chi connectivity index (χ0v) is 16.4. The van der Waals surface area contributed by atoms with E-state index < -0.39 is 10.0 Å². The molecule has 3 aromatic rings. The van der Waals surface area contributed by atoms with E-state index >= 15 is 0 Å². The Morgan fingerprint density at radius 3 is 2.44 bits per heavy atom. The molecule has 0 bridgehead atoms. The molecular weight excluding hydrogens is 360 g/mol. The van der Waals surface area contributed by atoms with Crippen LogP contribution in [0.15, 0.2) is 65.7 Å². The molecule has 2 heterocycles. The molecule has 4 rings (SSSR count). The smallest absolute Gasteiger partial charge is 0.265 e. The third-order valence-corrected chi connectivity index (χ3v) is 6.91. The number of benzene rings is 2. The van der Waals surface area contributed by atoms with Gasteiger partial charge in [-0.25, -0.2) is 8.42 Å². The van der Waals surface area contributed by atoms with Crippen LogP contribution in [0.4, 0.5) is 5.69 Å². The van der Waals surface area contributed by atoms with Crippen molar-refractivity contribution in [2.75, 3.05) is 11.4 Å². The Morgan fingerprint density at radius 1 is 1.04 bits per heavy atom. The molecule has 6 heteroatoms. The van der Waals surface area contributed by atoms with E-state index in [1.165, 1.54) is 0 Å². The van der Waals surface area contributed by atoms with Crippen molar-refractivity contribution in [3.63, 3.8) is 0 Å². The number of aromatic nitrogens is 1. The van der Waals surface area contributed by atoms with Gasteiger partial charge in [0.2, 0.25) is 0 Å². The third kappa shape index (κ3) is 2.63.